The van der Waals surface area contributed by atoms with E-state index < -0.39 is 0 Å². The highest BCUT2D eigenvalue weighted by Gasteiger charge is 2.09. The number of rotatable bonds is 6. The van der Waals surface area contributed by atoms with E-state index in [-0.39, 0.29) is 0 Å². The second-order valence-electron chi connectivity index (χ2n) is 4.72. The number of pyridine rings is 1. The number of aliphatic imine (C=N–C) groups is 1. The quantitative estimate of drug-likeness (QED) is 0.450. The number of nitrogens with zero attached hydrogens (tertiary/aromatic N) is 2. The zero-order valence-electron chi connectivity index (χ0n) is 13.0. The van der Waals surface area contributed by atoms with Crippen molar-refractivity contribution >= 4 is 40.8 Å². The van der Waals surface area contributed by atoms with E-state index in [1.807, 2.05) is 18.2 Å². The van der Waals surface area contributed by atoms with Crippen molar-refractivity contribution in [1.82, 2.24) is 15.6 Å². The topological polar surface area (TPSA) is 58.5 Å². The highest BCUT2D eigenvalue weighted by molar-refractivity contribution is 6.40. The molecule has 128 valence electrons. The molecule has 0 amide bonds. The van der Waals surface area contributed by atoms with Crippen molar-refractivity contribution in [2.45, 2.75) is 6.54 Å². The molecule has 0 unspecified atom stereocenters. The fourth-order valence-electron chi connectivity index (χ4n) is 1.89. The summed E-state index contributed by atoms with van der Waals surface area (Å²) in [4.78, 5) is 8.37. The van der Waals surface area contributed by atoms with Crippen molar-refractivity contribution in [1.29, 1.82) is 0 Å². The summed E-state index contributed by atoms with van der Waals surface area (Å²) in [6, 6.07) is 8.93. The molecule has 0 bridgehead atoms. The standard InChI is InChI=1S/C16H17Cl3N4O/c1-20-16(23-10-12-4-2-3-5-21-12)22-6-7-24-15-13(18)8-11(17)9-14(15)19/h2-5,8-9H,6-7,10H2,1H3,(H2,20,22,23). The van der Waals surface area contributed by atoms with Crippen LogP contribution in [0.2, 0.25) is 15.1 Å². The van der Waals surface area contributed by atoms with Gasteiger partial charge >= 0.3 is 0 Å². The average Bonchev–Trinajstić information content (AvgIpc) is 2.57. The van der Waals surface area contributed by atoms with Crippen LogP contribution in [0.1, 0.15) is 5.69 Å². The van der Waals surface area contributed by atoms with Crippen LogP contribution in [0.4, 0.5) is 0 Å². The predicted octanol–water partition coefficient (Wildman–Crippen LogP) is 3.79. The first-order chi connectivity index (χ1) is 11.6. The van der Waals surface area contributed by atoms with Gasteiger partial charge in [0.25, 0.3) is 0 Å². The van der Waals surface area contributed by atoms with Crippen LogP contribution in [0.15, 0.2) is 41.5 Å². The molecule has 5 nitrogen and oxygen atoms in total. The molecule has 0 aliphatic rings. The molecule has 2 N–H and O–H groups in total. The number of guanidine groups is 1. The summed E-state index contributed by atoms with van der Waals surface area (Å²) in [5.74, 6) is 1.07. The maximum absolute atomic E-state index is 6.06. The third-order valence-electron chi connectivity index (χ3n) is 2.99. The first-order valence-electron chi connectivity index (χ1n) is 7.22. The van der Waals surface area contributed by atoms with E-state index in [0.717, 1.165) is 5.69 Å². The molecule has 0 aliphatic carbocycles. The van der Waals surface area contributed by atoms with Gasteiger partial charge in [0, 0.05) is 18.3 Å². The molecule has 1 aromatic carbocycles. The molecule has 0 spiro atoms. The molecule has 2 aromatic rings. The molecule has 2 rings (SSSR count). The highest BCUT2D eigenvalue weighted by Crippen LogP contribution is 2.35. The van der Waals surface area contributed by atoms with Crippen LogP contribution >= 0.6 is 34.8 Å². The third kappa shape index (κ3) is 5.74. The Balaban J connectivity index is 1.76. The van der Waals surface area contributed by atoms with Crippen LogP contribution in [-0.2, 0) is 6.54 Å². The second-order valence-corrected chi connectivity index (χ2v) is 5.97. The Labute approximate surface area is 156 Å². The summed E-state index contributed by atoms with van der Waals surface area (Å²) in [5.41, 5.74) is 0.927. The molecule has 1 aromatic heterocycles. The number of ether oxygens (including phenoxy) is 1. The van der Waals surface area contributed by atoms with Gasteiger partial charge < -0.3 is 15.4 Å². The lowest BCUT2D eigenvalue weighted by molar-refractivity contribution is 0.322. The van der Waals surface area contributed by atoms with Crippen LogP contribution in [0.5, 0.6) is 5.75 Å². The Bertz CT molecular complexity index is 672. The number of benzene rings is 1. The third-order valence-corrected chi connectivity index (χ3v) is 3.77. The fourth-order valence-corrected chi connectivity index (χ4v) is 2.81. The Morgan fingerprint density at radius 3 is 2.54 bits per heavy atom. The summed E-state index contributed by atoms with van der Waals surface area (Å²) in [6.45, 7) is 1.47. The first-order valence-corrected chi connectivity index (χ1v) is 8.35. The van der Waals surface area contributed by atoms with Gasteiger partial charge in [0.05, 0.1) is 28.8 Å². The largest absolute Gasteiger partial charge is 0.489 e. The van der Waals surface area contributed by atoms with Crippen molar-refractivity contribution in [3.63, 3.8) is 0 Å². The molecule has 8 heteroatoms. The van der Waals surface area contributed by atoms with Crippen LogP contribution in [0, 0.1) is 0 Å². The van der Waals surface area contributed by atoms with Crippen molar-refractivity contribution < 1.29 is 4.74 Å². The summed E-state index contributed by atoms with van der Waals surface area (Å²) in [7, 11) is 1.70. The number of halogens is 3. The monoisotopic (exact) mass is 386 g/mol. The Hall–Kier alpha value is -1.69. The lowest BCUT2D eigenvalue weighted by atomic mass is 10.3. The van der Waals surface area contributed by atoms with Gasteiger partial charge in [0.2, 0.25) is 0 Å². The lowest BCUT2D eigenvalue weighted by Gasteiger charge is -2.13. The predicted molar refractivity (Wildman–Crippen MR) is 99.4 cm³/mol. The van der Waals surface area contributed by atoms with Gasteiger partial charge in [-0.3, -0.25) is 9.98 Å². The minimum atomic E-state index is 0.366. The first kappa shape index (κ1) is 18.6. The summed E-state index contributed by atoms with van der Waals surface area (Å²) in [5, 5.41) is 7.53. The molecule has 0 saturated carbocycles. The molecular weight excluding hydrogens is 371 g/mol. The highest BCUT2D eigenvalue weighted by atomic mass is 35.5. The second kappa shape index (κ2) is 9.57. The van der Waals surface area contributed by atoms with E-state index in [1.165, 1.54) is 0 Å². The van der Waals surface area contributed by atoms with Crippen molar-refractivity contribution in [2.75, 3.05) is 20.2 Å². The molecule has 1 heterocycles. The minimum absolute atomic E-state index is 0.366. The van der Waals surface area contributed by atoms with Crippen LogP contribution in [-0.4, -0.2) is 31.1 Å². The van der Waals surface area contributed by atoms with Gasteiger partial charge in [-0.25, -0.2) is 0 Å². The molecule has 0 fully saturated rings. The zero-order valence-corrected chi connectivity index (χ0v) is 15.3. The van der Waals surface area contributed by atoms with Crippen LogP contribution in [0.25, 0.3) is 0 Å². The summed E-state index contributed by atoms with van der Waals surface area (Å²) in [6.07, 6.45) is 1.75. The van der Waals surface area contributed by atoms with Crippen LogP contribution in [0.3, 0.4) is 0 Å². The number of nitrogens with one attached hydrogen (secondary N) is 2. The zero-order chi connectivity index (χ0) is 17.4. The Morgan fingerprint density at radius 2 is 1.92 bits per heavy atom. The van der Waals surface area contributed by atoms with Crippen molar-refractivity contribution in [3.8, 4) is 5.75 Å². The normalized spacial score (nSPS) is 11.2. The van der Waals surface area contributed by atoms with Crippen LogP contribution < -0.4 is 15.4 Å². The summed E-state index contributed by atoms with van der Waals surface area (Å²) < 4.78 is 5.60. The SMILES string of the molecule is CN=C(NCCOc1c(Cl)cc(Cl)cc1Cl)NCc1ccccn1. The van der Waals surface area contributed by atoms with E-state index in [1.54, 1.807) is 25.4 Å². The van der Waals surface area contributed by atoms with Gasteiger partial charge in [0.1, 0.15) is 6.61 Å². The minimum Gasteiger partial charge on any atom is -0.489 e. The fraction of sp³-hybridized carbons (Fsp3) is 0.250. The summed E-state index contributed by atoms with van der Waals surface area (Å²) >= 11 is 18.0. The Kier molecular flexibility index (Phi) is 7.43. The number of aromatic nitrogens is 1. The lowest BCUT2D eigenvalue weighted by Crippen LogP contribution is -2.39. The maximum Gasteiger partial charge on any atom is 0.191 e. The molecule has 0 atom stereocenters. The number of hydrogen-bond acceptors (Lipinski definition) is 3. The van der Waals surface area contributed by atoms with E-state index in [0.29, 0.717) is 46.5 Å². The van der Waals surface area contributed by atoms with E-state index >= 15 is 0 Å². The maximum atomic E-state index is 6.06. The van der Waals surface area contributed by atoms with E-state index in [9.17, 15) is 0 Å². The number of hydrogen-bond donors (Lipinski definition) is 2. The average molecular weight is 388 g/mol. The smallest absolute Gasteiger partial charge is 0.191 e. The van der Waals surface area contributed by atoms with Gasteiger partial charge in [-0.1, -0.05) is 40.9 Å². The van der Waals surface area contributed by atoms with E-state index in [2.05, 4.69) is 20.6 Å². The van der Waals surface area contributed by atoms with Crippen molar-refractivity contribution in [3.05, 3.63) is 57.3 Å². The van der Waals surface area contributed by atoms with E-state index in [4.69, 9.17) is 39.5 Å². The molecule has 0 radical (unpaired) electrons. The van der Waals surface area contributed by atoms with Gasteiger partial charge in [-0.05, 0) is 24.3 Å². The van der Waals surface area contributed by atoms with Gasteiger partial charge in [-0.2, -0.15) is 0 Å². The Morgan fingerprint density at radius 1 is 1.17 bits per heavy atom. The van der Waals surface area contributed by atoms with Gasteiger partial charge in [-0.15, -0.1) is 0 Å². The molecular formula is C16H17Cl3N4O. The van der Waals surface area contributed by atoms with Crippen molar-refractivity contribution in [2.24, 2.45) is 4.99 Å². The molecule has 0 saturated heterocycles. The molecule has 0 aliphatic heterocycles. The van der Waals surface area contributed by atoms with Gasteiger partial charge in [0.15, 0.2) is 11.7 Å². The molecule has 24 heavy (non-hydrogen) atoms.